The first-order valence-corrected chi connectivity index (χ1v) is 9.99. The fraction of sp³-hybridized carbons (Fsp3) is 0.333. The summed E-state index contributed by atoms with van der Waals surface area (Å²) in [5.41, 5.74) is 1.99. The van der Waals surface area contributed by atoms with Crippen molar-refractivity contribution in [3.8, 4) is 0 Å². The third-order valence-electron chi connectivity index (χ3n) is 4.41. The van der Waals surface area contributed by atoms with Crippen molar-refractivity contribution in [3.63, 3.8) is 0 Å². The molecule has 2 aromatic rings. The molecule has 0 bridgehead atoms. The molecule has 2 heterocycles. The molecule has 26 heavy (non-hydrogen) atoms. The summed E-state index contributed by atoms with van der Waals surface area (Å²) in [6.45, 7) is 3.63. The number of aromatic nitrogens is 1. The Labute approximate surface area is 160 Å². The van der Waals surface area contributed by atoms with Crippen LogP contribution < -0.4 is 5.32 Å². The minimum Gasteiger partial charge on any atom is -0.329 e. The van der Waals surface area contributed by atoms with Crippen molar-refractivity contribution in [2.45, 2.75) is 17.9 Å². The predicted molar refractivity (Wildman–Crippen MR) is 102 cm³/mol. The van der Waals surface area contributed by atoms with Crippen molar-refractivity contribution < 1.29 is 13.2 Å². The number of nitrogens with zero attached hydrogens (tertiary/aromatic N) is 2. The quantitative estimate of drug-likeness (QED) is 0.859. The number of amides is 1. The fourth-order valence-corrected chi connectivity index (χ4v) is 4.11. The third-order valence-corrected chi connectivity index (χ3v) is 5.65. The standard InChI is InChI=1S/C18H21N3O3S.ClH/c1-13-5-6-14(10-17(13)25(2,23)24)18(22)21-9-8-20-12-16(21)15-4-3-7-19-11-15;/h3-7,10-11,16,20H,8-9,12H2,1-2H3;1H. The number of carbonyl (C=O) groups is 1. The zero-order chi connectivity index (χ0) is 18.0. The average Bonchev–Trinajstić information content (AvgIpc) is 2.61. The molecule has 1 unspecified atom stereocenters. The normalized spacial score (nSPS) is 17.5. The van der Waals surface area contributed by atoms with Crippen molar-refractivity contribution >= 4 is 28.2 Å². The van der Waals surface area contributed by atoms with E-state index in [-0.39, 0.29) is 29.3 Å². The van der Waals surface area contributed by atoms with Gasteiger partial charge in [-0.15, -0.1) is 12.4 Å². The summed E-state index contributed by atoms with van der Waals surface area (Å²) in [5.74, 6) is -0.166. The summed E-state index contributed by atoms with van der Waals surface area (Å²) in [5, 5.41) is 3.30. The van der Waals surface area contributed by atoms with Gasteiger partial charge < -0.3 is 10.2 Å². The lowest BCUT2D eigenvalue weighted by Gasteiger charge is -2.36. The van der Waals surface area contributed by atoms with E-state index in [0.717, 1.165) is 11.8 Å². The minimum atomic E-state index is -3.38. The second-order valence-corrected chi connectivity index (χ2v) is 8.24. The zero-order valence-electron chi connectivity index (χ0n) is 14.7. The summed E-state index contributed by atoms with van der Waals surface area (Å²) in [6.07, 6.45) is 4.62. The lowest BCUT2D eigenvalue weighted by molar-refractivity contribution is 0.0633. The number of sulfone groups is 1. The number of piperazine rings is 1. The van der Waals surface area contributed by atoms with Crippen molar-refractivity contribution in [1.82, 2.24) is 15.2 Å². The maximum absolute atomic E-state index is 13.1. The Bertz CT molecular complexity index is 888. The van der Waals surface area contributed by atoms with Gasteiger partial charge in [0.25, 0.3) is 5.91 Å². The Balaban J connectivity index is 0.00000243. The van der Waals surface area contributed by atoms with Crippen LogP contribution in [-0.2, 0) is 9.84 Å². The van der Waals surface area contributed by atoms with Gasteiger partial charge in [0.15, 0.2) is 9.84 Å². The third kappa shape index (κ3) is 4.23. The highest BCUT2D eigenvalue weighted by atomic mass is 35.5. The molecule has 0 aliphatic carbocycles. The highest BCUT2D eigenvalue weighted by molar-refractivity contribution is 7.90. The number of pyridine rings is 1. The second kappa shape index (κ2) is 8.16. The monoisotopic (exact) mass is 395 g/mol. The number of rotatable bonds is 3. The van der Waals surface area contributed by atoms with E-state index in [2.05, 4.69) is 10.3 Å². The minimum absolute atomic E-state index is 0. The van der Waals surface area contributed by atoms with Gasteiger partial charge in [-0.1, -0.05) is 12.1 Å². The van der Waals surface area contributed by atoms with Gasteiger partial charge in [-0.25, -0.2) is 8.42 Å². The number of hydrogen-bond acceptors (Lipinski definition) is 5. The van der Waals surface area contributed by atoms with Gasteiger partial charge in [0.1, 0.15) is 0 Å². The van der Waals surface area contributed by atoms with E-state index in [1.54, 1.807) is 36.4 Å². The maximum Gasteiger partial charge on any atom is 0.254 e. The number of aryl methyl sites for hydroxylation is 1. The van der Waals surface area contributed by atoms with Gasteiger partial charge in [0.05, 0.1) is 10.9 Å². The highest BCUT2D eigenvalue weighted by Gasteiger charge is 2.29. The Kier molecular flexibility index (Phi) is 6.39. The molecule has 1 amide bonds. The van der Waals surface area contributed by atoms with E-state index in [4.69, 9.17) is 0 Å². The van der Waals surface area contributed by atoms with Gasteiger partial charge in [-0.2, -0.15) is 0 Å². The van der Waals surface area contributed by atoms with E-state index in [1.807, 2.05) is 12.1 Å². The van der Waals surface area contributed by atoms with Crippen LogP contribution in [0.3, 0.4) is 0 Å². The molecule has 8 heteroatoms. The molecule has 1 fully saturated rings. The van der Waals surface area contributed by atoms with Crippen molar-refractivity contribution in [2.75, 3.05) is 25.9 Å². The van der Waals surface area contributed by atoms with E-state index in [9.17, 15) is 13.2 Å². The molecule has 140 valence electrons. The number of hydrogen-bond donors (Lipinski definition) is 1. The Morgan fingerprint density at radius 1 is 1.31 bits per heavy atom. The lowest BCUT2D eigenvalue weighted by Crippen LogP contribution is -2.48. The summed E-state index contributed by atoms with van der Waals surface area (Å²) < 4.78 is 23.9. The molecule has 1 aliphatic rings. The number of halogens is 1. The predicted octanol–water partition coefficient (Wildman–Crippen LogP) is 2.00. The lowest BCUT2D eigenvalue weighted by atomic mass is 10.0. The number of carbonyl (C=O) groups excluding carboxylic acids is 1. The van der Waals surface area contributed by atoms with Crippen LogP contribution in [0.1, 0.15) is 27.5 Å². The van der Waals surface area contributed by atoms with E-state index >= 15 is 0 Å². The topological polar surface area (TPSA) is 79.4 Å². The second-order valence-electron chi connectivity index (χ2n) is 6.26. The van der Waals surface area contributed by atoms with Crippen LogP contribution in [0.2, 0.25) is 0 Å². The summed E-state index contributed by atoms with van der Waals surface area (Å²) in [7, 11) is -3.38. The van der Waals surface area contributed by atoms with Crippen LogP contribution in [-0.4, -0.2) is 50.1 Å². The van der Waals surface area contributed by atoms with Gasteiger partial charge in [-0.3, -0.25) is 9.78 Å². The molecule has 1 aromatic carbocycles. The number of benzene rings is 1. The molecule has 6 nitrogen and oxygen atoms in total. The van der Waals surface area contributed by atoms with Crippen LogP contribution >= 0.6 is 12.4 Å². The molecule has 1 atom stereocenters. The van der Waals surface area contributed by atoms with Crippen LogP contribution in [0.25, 0.3) is 0 Å². The molecule has 1 aliphatic heterocycles. The summed E-state index contributed by atoms with van der Waals surface area (Å²) in [6, 6.07) is 8.52. The van der Waals surface area contributed by atoms with Crippen LogP contribution in [0.5, 0.6) is 0 Å². The molecular formula is C18H22ClN3O3S. The van der Waals surface area contributed by atoms with E-state index in [0.29, 0.717) is 30.8 Å². The van der Waals surface area contributed by atoms with Crippen molar-refractivity contribution in [1.29, 1.82) is 0 Å². The van der Waals surface area contributed by atoms with Crippen LogP contribution in [0.15, 0.2) is 47.6 Å². The van der Waals surface area contributed by atoms with Gasteiger partial charge in [0, 0.05) is 43.8 Å². The molecule has 1 aromatic heterocycles. The fourth-order valence-electron chi connectivity index (χ4n) is 3.12. The highest BCUT2D eigenvalue weighted by Crippen LogP contribution is 2.25. The van der Waals surface area contributed by atoms with Gasteiger partial charge in [-0.05, 0) is 36.2 Å². The van der Waals surface area contributed by atoms with E-state index < -0.39 is 9.84 Å². The van der Waals surface area contributed by atoms with E-state index in [1.165, 1.54) is 6.07 Å². The first-order chi connectivity index (χ1) is 11.9. The molecule has 1 saturated heterocycles. The van der Waals surface area contributed by atoms with Gasteiger partial charge in [0.2, 0.25) is 0 Å². The maximum atomic E-state index is 13.1. The van der Waals surface area contributed by atoms with Crippen LogP contribution in [0.4, 0.5) is 0 Å². The first-order valence-electron chi connectivity index (χ1n) is 8.10. The molecular weight excluding hydrogens is 374 g/mol. The Morgan fingerprint density at radius 2 is 2.08 bits per heavy atom. The van der Waals surface area contributed by atoms with Crippen LogP contribution in [0, 0.1) is 6.92 Å². The van der Waals surface area contributed by atoms with Crippen molar-refractivity contribution in [3.05, 3.63) is 59.4 Å². The Morgan fingerprint density at radius 3 is 2.73 bits per heavy atom. The number of nitrogens with one attached hydrogen (secondary N) is 1. The Hall–Kier alpha value is -1.96. The molecule has 3 rings (SSSR count). The zero-order valence-corrected chi connectivity index (χ0v) is 16.3. The molecule has 0 saturated carbocycles. The first kappa shape index (κ1) is 20.4. The molecule has 0 radical (unpaired) electrons. The molecule has 0 spiro atoms. The average molecular weight is 396 g/mol. The largest absolute Gasteiger partial charge is 0.329 e. The van der Waals surface area contributed by atoms with Gasteiger partial charge >= 0.3 is 0 Å². The summed E-state index contributed by atoms with van der Waals surface area (Å²) >= 11 is 0. The molecule has 1 N–H and O–H groups in total. The summed E-state index contributed by atoms with van der Waals surface area (Å²) in [4.78, 5) is 19.2. The van der Waals surface area contributed by atoms with Crippen molar-refractivity contribution in [2.24, 2.45) is 0 Å². The SMILES string of the molecule is Cc1ccc(C(=O)N2CCNCC2c2cccnc2)cc1S(C)(=O)=O.Cl. The smallest absolute Gasteiger partial charge is 0.254 e.